The molecule has 172 valence electrons. The van der Waals surface area contributed by atoms with Crippen molar-refractivity contribution < 1.29 is 13.2 Å². The number of furan rings is 1. The van der Waals surface area contributed by atoms with Gasteiger partial charge in [0.05, 0.1) is 6.07 Å². The zero-order valence-corrected chi connectivity index (χ0v) is 19.2. The van der Waals surface area contributed by atoms with E-state index in [1.165, 1.54) is 24.3 Å². The Hall–Kier alpha value is -3.62. The first kappa shape index (κ1) is 23.5. The quantitative estimate of drug-likeness (QED) is 0.410. The molecule has 0 aliphatic carbocycles. The van der Waals surface area contributed by atoms with Crippen molar-refractivity contribution >= 4 is 35.1 Å². The van der Waals surface area contributed by atoms with Crippen LogP contribution >= 0.6 is 12.4 Å². The number of benzene rings is 3. The first-order valence-corrected chi connectivity index (χ1v) is 11.0. The Labute approximate surface area is 202 Å². The molecule has 6 heteroatoms. The number of halogens is 3. The first-order chi connectivity index (χ1) is 16.1. The first-order valence-electron chi connectivity index (χ1n) is 11.0. The van der Waals surface area contributed by atoms with E-state index in [0.29, 0.717) is 30.5 Å². The third-order valence-corrected chi connectivity index (χ3v) is 6.41. The summed E-state index contributed by atoms with van der Waals surface area (Å²) in [6, 6.07) is 22.4. The van der Waals surface area contributed by atoms with Crippen LogP contribution in [0.4, 0.5) is 8.78 Å². The lowest BCUT2D eigenvalue weighted by Gasteiger charge is -2.28. The zero-order valence-electron chi connectivity index (χ0n) is 18.4. The molecule has 0 bridgehead atoms. The number of para-hydroxylation sites is 1. The highest BCUT2D eigenvalue weighted by Gasteiger charge is 2.34. The molecule has 34 heavy (non-hydrogen) atoms. The third-order valence-electron chi connectivity index (χ3n) is 6.41. The maximum Gasteiger partial charge on any atom is 0.137 e. The topological polar surface area (TPSA) is 49.0 Å². The minimum absolute atomic E-state index is 0. The van der Waals surface area contributed by atoms with Crippen LogP contribution in [-0.2, 0) is 5.41 Å². The van der Waals surface area contributed by atoms with E-state index in [4.69, 9.17) is 4.42 Å². The molecule has 3 aromatic carbocycles. The second-order valence-electron chi connectivity index (χ2n) is 8.35. The molecule has 3 nitrogen and oxygen atoms in total. The molecule has 1 aliphatic rings. The zero-order chi connectivity index (χ0) is 22.8. The smallest absolute Gasteiger partial charge is 0.137 e. The van der Waals surface area contributed by atoms with Gasteiger partial charge in [-0.25, -0.2) is 8.78 Å². The molecular weight excluding hydrogens is 454 g/mol. The Morgan fingerprint density at radius 3 is 2.15 bits per heavy atom. The van der Waals surface area contributed by atoms with E-state index in [-0.39, 0.29) is 24.0 Å². The average molecular weight is 477 g/mol. The van der Waals surface area contributed by atoms with Gasteiger partial charge in [-0.15, -0.1) is 12.4 Å². The molecule has 0 saturated heterocycles. The van der Waals surface area contributed by atoms with Crippen molar-refractivity contribution in [3.05, 3.63) is 106 Å². The summed E-state index contributed by atoms with van der Waals surface area (Å²) in [4.78, 5) is 0. The predicted octanol–water partition coefficient (Wildman–Crippen LogP) is 5.30. The van der Waals surface area contributed by atoms with Crippen LogP contribution in [0.25, 0.3) is 22.7 Å². The van der Waals surface area contributed by atoms with Gasteiger partial charge >= 0.3 is 0 Å². The minimum Gasteiger partial charge on any atom is -0.456 e. The van der Waals surface area contributed by atoms with Gasteiger partial charge in [-0.3, -0.25) is 0 Å². The van der Waals surface area contributed by atoms with Crippen molar-refractivity contribution in [2.24, 2.45) is 0 Å². The summed E-state index contributed by atoms with van der Waals surface area (Å²) < 4.78 is 33.4. The van der Waals surface area contributed by atoms with Crippen LogP contribution in [0.2, 0.25) is 0 Å². The minimum atomic E-state index is -1.01. The van der Waals surface area contributed by atoms with Crippen LogP contribution in [-0.4, -0.2) is 6.54 Å². The average Bonchev–Trinajstić information content (AvgIpc) is 3.23. The molecular formula is C28H23ClF2N2O. The van der Waals surface area contributed by atoms with E-state index in [9.17, 15) is 14.0 Å². The lowest BCUT2D eigenvalue weighted by molar-refractivity contribution is 0.544. The number of nitriles is 1. The summed E-state index contributed by atoms with van der Waals surface area (Å²) in [5.41, 5.74) is 3.27. The third kappa shape index (κ3) is 4.18. The van der Waals surface area contributed by atoms with Gasteiger partial charge in [-0.1, -0.05) is 42.5 Å². The summed E-state index contributed by atoms with van der Waals surface area (Å²) in [6.07, 6.45) is 3.93. The molecule has 2 heterocycles. The van der Waals surface area contributed by atoms with Gasteiger partial charge < -0.3 is 9.73 Å². The summed E-state index contributed by atoms with van der Waals surface area (Å²) in [7, 11) is 0. The Morgan fingerprint density at radius 2 is 1.53 bits per heavy atom. The molecule has 0 amide bonds. The predicted molar refractivity (Wildman–Crippen MR) is 132 cm³/mol. The van der Waals surface area contributed by atoms with E-state index in [0.717, 1.165) is 33.6 Å². The van der Waals surface area contributed by atoms with Crippen molar-refractivity contribution in [2.75, 3.05) is 6.54 Å². The van der Waals surface area contributed by atoms with Crippen LogP contribution in [0.1, 0.15) is 30.4 Å². The molecule has 5 rings (SSSR count). The van der Waals surface area contributed by atoms with E-state index < -0.39 is 5.41 Å². The van der Waals surface area contributed by atoms with Gasteiger partial charge in [0.2, 0.25) is 0 Å². The summed E-state index contributed by atoms with van der Waals surface area (Å²) in [6.45, 7) is 0.680. The maximum atomic E-state index is 13.6. The Morgan fingerprint density at radius 1 is 0.912 bits per heavy atom. The molecule has 1 N–H and O–H groups in total. The van der Waals surface area contributed by atoms with Crippen LogP contribution in [0.5, 0.6) is 0 Å². The standard InChI is InChI=1S/C28H22F2N2O.ClH/c29-22-11-7-20(8-12-22)28(18-31,21-9-13-23(30)14-10-21)15-3-4-19-16-32-17-25-24-5-1-2-6-26(24)33-27(19)25;/h1-2,5-14,17,32H,3-4,15-16H2;1H. The highest BCUT2D eigenvalue weighted by molar-refractivity contribution is 5.85. The van der Waals surface area contributed by atoms with E-state index in [1.807, 2.05) is 30.5 Å². The lowest BCUT2D eigenvalue weighted by Crippen LogP contribution is -2.34. The monoisotopic (exact) mass is 476 g/mol. The normalized spacial score (nSPS) is 12.8. The van der Waals surface area contributed by atoms with Gasteiger partial charge in [0.25, 0.3) is 0 Å². The summed E-state index contributed by atoms with van der Waals surface area (Å²) in [5.74, 6) is -0.718. The van der Waals surface area contributed by atoms with Crippen LogP contribution < -0.4 is 16.0 Å². The highest BCUT2D eigenvalue weighted by atomic mass is 35.5. The second-order valence-corrected chi connectivity index (χ2v) is 8.35. The van der Waals surface area contributed by atoms with Crippen molar-refractivity contribution in [3.63, 3.8) is 0 Å². The number of nitrogens with one attached hydrogen (secondary N) is 1. The van der Waals surface area contributed by atoms with Crippen LogP contribution in [0.3, 0.4) is 0 Å². The van der Waals surface area contributed by atoms with Gasteiger partial charge in [0.15, 0.2) is 0 Å². The van der Waals surface area contributed by atoms with Gasteiger partial charge in [-0.2, -0.15) is 5.26 Å². The van der Waals surface area contributed by atoms with E-state index in [1.54, 1.807) is 24.3 Å². The van der Waals surface area contributed by atoms with Crippen molar-refractivity contribution in [1.29, 1.82) is 5.26 Å². The lowest BCUT2D eigenvalue weighted by atomic mass is 9.72. The molecule has 4 aromatic rings. The molecule has 0 fully saturated rings. The SMILES string of the molecule is Cl.N#CC(CCCC1=c2oc3ccccc3c2=CNC1)(c1ccc(F)cc1)c1ccc(F)cc1. The molecule has 1 aromatic heterocycles. The Balaban J connectivity index is 0.00000274. The van der Waals surface area contributed by atoms with Gasteiger partial charge in [0, 0.05) is 23.3 Å². The number of hydrogen-bond donors (Lipinski definition) is 1. The Kier molecular flexibility index (Phi) is 6.72. The molecule has 0 saturated carbocycles. The van der Waals surface area contributed by atoms with Crippen molar-refractivity contribution in [1.82, 2.24) is 5.32 Å². The fourth-order valence-electron chi connectivity index (χ4n) is 4.71. The van der Waals surface area contributed by atoms with E-state index >= 15 is 0 Å². The molecule has 0 atom stereocenters. The second kappa shape index (κ2) is 9.70. The number of hydrogen-bond acceptors (Lipinski definition) is 3. The largest absolute Gasteiger partial charge is 0.456 e. The van der Waals surface area contributed by atoms with Crippen LogP contribution in [0.15, 0.2) is 77.2 Å². The fraction of sp³-hybridized carbons (Fsp3) is 0.179. The van der Waals surface area contributed by atoms with E-state index in [2.05, 4.69) is 11.4 Å². The Bertz CT molecular complexity index is 1420. The summed E-state index contributed by atoms with van der Waals surface area (Å²) >= 11 is 0. The number of fused-ring (bicyclic) bond motifs is 3. The summed E-state index contributed by atoms with van der Waals surface area (Å²) in [5, 5.41) is 15.8. The number of rotatable bonds is 6. The van der Waals surface area contributed by atoms with Crippen molar-refractivity contribution in [2.45, 2.75) is 24.7 Å². The molecule has 1 aliphatic heterocycles. The number of nitrogens with zero attached hydrogens (tertiary/aromatic N) is 1. The highest BCUT2D eigenvalue weighted by Crippen LogP contribution is 2.37. The van der Waals surface area contributed by atoms with Gasteiger partial charge in [0.1, 0.15) is 28.0 Å². The molecule has 0 radical (unpaired) electrons. The maximum absolute atomic E-state index is 13.6. The van der Waals surface area contributed by atoms with Crippen molar-refractivity contribution in [3.8, 4) is 6.07 Å². The molecule has 0 unspecified atom stereocenters. The van der Waals surface area contributed by atoms with Crippen LogP contribution in [0, 0.1) is 23.0 Å². The molecule has 0 spiro atoms. The fourth-order valence-corrected chi connectivity index (χ4v) is 4.71. The van der Waals surface area contributed by atoms with Gasteiger partial charge in [-0.05, 0) is 66.3 Å².